The second kappa shape index (κ2) is 12.3. The molecule has 5 rings (SSSR count). The first-order chi connectivity index (χ1) is 19.1. The van der Waals surface area contributed by atoms with Crippen LogP contribution in [0, 0.1) is 18.3 Å². The zero-order chi connectivity index (χ0) is 27.0. The van der Waals surface area contributed by atoms with Gasteiger partial charge in [-0.05, 0) is 72.6 Å². The third-order valence-electron chi connectivity index (χ3n) is 6.32. The van der Waals surface area contributed by atoms with Gasteiger partial charge in [-0.2, -0.15) is 5.26 Å². The summed E-state index contributed by atoms with van der Waals surface area (Å²) in [6, 6.07) is 35.3. The quantitative estimate of drug-likeness (QED) is 0.225. The van der Waals surface area contributed by atoms with Crippen molar-refractivity contribution in [3.8, 4) is 11.8 Å². The molecule has 0 saturated carbocycles. The van der Waals surface area contributed by atoms with Crippen LogP contribution in [0.1, 0.15) is 27.8 Å². The number of aliphatic imine (C=N–C) groups is 1. The lowest BCUT2D eigenvalue weighted by Crippen LogP contribution is -2.31. The summed E-state index contributed by atoms with van der Waals surface area (Å²) in [5.74, 6) is 0.650. The van der Waals surface area contributed by atoms with E-state index in [1.165, 1.54) is 17.3 Å². The Hall–Kier alpha value is -4.60. The second-order valence-electron chi connectivity index (χ2n) is 9.16. The summed E-state index contributed by atoms with van der Waals surface area (Å²) in [6.07, 6.45) is 2.64. The molecule has 0 atom stereocenters. The summed E-state index contributed by atoms with van der Waals surface area (Å²) < 4.78 is 5.89. The van der Waals surface area contributed by atoms with Crippen LogP contribution >= 0.6 is 11.8 Å². The minimum absolute atomic E-state index is 0.0461. The average Bonchev–Trinajstić information content (AvgIpc) is 3.26. The number of ether oxygens (including phenoxy) is 1. The first-order valence-corrected chi connectivity index (χ1v) is 13.5. The summed E-state index contributed by atoms with van der Waals surface area (Å²) in [7, 11) is 0. The monoisotopic (exact) mass is 529 g/mol. The van der Waals surface area contributed by atoms with Crippen molar-refractivity contribution >= 4 is 34.6 Å². The van der Waals surface area contributed by atoms with Crippen molar-refractivity contribution in [3.05, 3.63) is 136 Å². The van der Waals surface area contributed by atoms with Crippen LogP contribution in [0.2, 0.25) is 0 Å². The molecule has 1 heterocycles. The molecule has 0 radical (unpaired) electrons. The number of hydrogen-bond acceptors (Lipinski definition) is 5. The van der Waals surface area contributed by atoms with E-state index in [-0.39, 0.29) is 5.91 Å². The van der Waals surface area contributed by atoms with Crippen molar-refractivity contribution in [1.29, 1.82) is 5.26 Å². The van der Waals surface area contributed by atoms with Gasteiger partial charge in [-0.25, -0.2) is 4.99 Å². The van der Waals surface area contributed by atoms with Crippen LogP contribution in [0.25, 0.3) is 6.08 Å². The molecule has 39 heavy (non-hydrogen) atoms. The Balaban J connectivity index is 1.33. The van der Waals surface area contributed by atoms with E-state index in [2.05, 4.69) is 18.2 Å². The van der Waals surface area contributed by atoms with E-state index in [9.17, 15) is 10.1 Å². The average molecular weight is 530 g/mol. The zero-order valence-corrected chi connectivity index (χ0v) is 22.4. The highest BCUT2D eigenvalue weighted by atomic mass is 32.2. The largest absolute Gasteiger partial charge is 0.489 e. The van der Waals surface area contributed by atoms with Gasteiger partial charge in [0, 0.05) is 12.1 Å². The predicted molar refractivity (Wildman–Crippen MR) is 158 cm³/mol. The number of nitrogens with zero attached hydrogens (tertiary/aromatic N) is 3. The van der Waals surface area contributed by atoms with Crippen LogP contribution in [0.15, 0.2) is 113 Å². The Bertz CT molecular complexity index is 1550. The molecule has 0 aromatic heterocycles. The fraction of sp³-hybridized carbons (Fsp3) is 0.121. The number of nitriles is 1. The number of carbonyl (C=O) groups excluding carboxylic acids is 1. The molecule has 0 aliphatic carbocycles. The molecule has 5 nitrogen and oxygen atoms in total. The first kappa shape index (κ1) is 26.0. The van der Waals surface area contributed by atoms with E-state index in [4.69, 9.17) is 9.73 Å². The lowest BCUT2D eigenvalue weighted by molar-refractivity contribution is -0.122. The summed E-state index contributed by atoms with van der Waals surface area (Å²) in [5.41, 5.74) is 5.51. The van der Waals surface area contributed by atoms with Gasteiger partial charge in [-0.1, -0.05) is 78.4 Å². The Labute approximate surface area is 233 Å². The van der Waals surface area contributed by atoms with Gasteiger partial charge in [-0.15, -0.1) is 0 Å². The van der Waals surface area contributed by atoms with E-state index in [0.29, 0.717) is 34.5 Å². The zero-order valence-electron chi connectivity index (χ0n) is 21.6. The van der Waals surface area contributed by atoms with Crippen LogP contribution in [0.5, 0.6) is 5.75 Å². The fourth-order valence-electron chi connectivity index (χ4n) is 4.13. The number of hydrogen-bond donors (Lipinski definition) is 0. The maximum absolute atomic E-state index is 13.5. The highest BCUT2D eigenvalue weighted by Gasteiger charge is 2.33. The second-order valence-corrected chi connectivity index (χ2v) is 10.2. The van der Waals surface area contributed by atoms with Crippen molar-refractivity contribution in [3.63, 3.8) is 0 Å². The topological polar surface area (TPSA) is 65.7 Å². The van der Waals surface area contributed by atoms with Gasteiger partial charge >= 0.3 is 0 Å². The molecule has 1 saturated heterocycles. The highest BCUT2D eigenvalue weighted by molar-refractivity contribution is 8.18. The standard InChI is InChI=1S/C33H27N3O2S/c1-24-11-15-29(16-12-24)35-33-36(20-19-25-7-3-2-4-8-25)32(37)31(39-33)21-26-13-17-30(18-14-26)38-23-28-10-6-5-9-27(28)22-34/h2-18,21H,19-20,23H2,1H3/b31-21+,35-33?. The molecule has 1 amide bonds. The normalized spacial score (nSPS) is 15.1. The van der Waals surface area contributed by atoms with Crippen molar-refractivity contribution < 1.29 is 9.53 Å². The van der Waals surface area contributed by atoms with Gasteiger partial charge in [0.05, 0.1) is 22.2 Å². The molecule has 4 aromatic rings. The van der Waals surface area contributed by atoms with Crippen LogP contribution in [0.3, 0.4) is 0 Å². The SMILES string of the molecule is Cc1ccc(N=C2S/C(=C/c3ccc(OCc4ccccc4C#N)cc3)C(=O)N2CCc2ccccc2)cc1. The lowest BCUT2D eigenvalue weighted by Gasteiger charge is -2.15. The Kier molecular flexibility index (Phi) is 8.20. The number of rotatable bonds is 8. The van der Waals surface area contributed by atoms with Gasteiger partial charge in [0.15, 0.2) is 5.17 Å². The van der Waals surface area contributed by atoms with Crippen LogP contribution < -0.4 is 4.74 Å². The van der Waals surface area contributed by atoms with Crippen molar-refractivity contribution in [2.45, 2.75) is 20.0 Å². The smallest absolute Gasteiger partial charge is 0.266 e. The molecular weight excluding hydrogens is 502 g/mol. The summed E-state index contributed by atoms with van der Waals surface area (Å²) in [5, 5.41) is 9.96. The van der Waals surface area contributed by atoms with E-state index < -0.39 is 0 Å². The minimum Gasteiger partial charge on any atom is -0.489 e. The maximum Gasteiger partial charge on any atom is 0.266 e. The van der Waals surface area contributed by atoms with Crippen LogP contribution in [-0.2, 0) is 17.8 Å². The van der Waals surface area contributed by atoms with Gasteiger partial charge < -0.3 is 4.74 Å². The molecule has 1 aliphatic heterocycles. The van der Waals surface area contributed by atoms with Gasteiger partial charge in [-0.3, -0.25) is 9.69 Å². The molecule has 1 aliphatic rings. The predicted octanol–water partition coefficient (Wildman–Crippen LogP) is 7.29. The Morgan fingerprint density at radius 1 is 0.923 bits per heavy atom. The number of aryl methyl sites for hydroxylation is 1. The molecule has 0 unspecified atom stereocenters. The highest BCUT2D eigenvalue weighted by Crippen LogP contribution is 2.34. The maximum atomic E-state index is 13.5. The van der Waals surface area contributed by atoms with Gasteiger partial charge in [0.2, 0.25) is 0 Å². The third kappa shape index (κ3) is 6.64. The molecular formula is C33H27N3O2S. The minimum atomic E-state index is -0.0461. The van der Waals surface area contributed by atoms with E-state index in [1.54, 1.807) is 11.0 Å². The molecule has 4 aromatic carbocycles. The van der Waals surface area contributed by atoms with E-state index >= 15 is 0 Å². The molecule has 0 spiro atoms. The van der Waals surface area contributed by atoms with Gasteiger partial charge in [0.1, 0.15) is 12.4 Å². The summed E-state index contributed by atoms with van der Waals surface area (Å²) in [4.78, 5) is 20.7. The summed E-state index contributed by atoms with van der Waals surface area (Å²) in [6.45, 7) is 2.90. The summed E-state index contributed by atoms with van der Waals surface area (Å²) >= 11 is 1.40. The van der Waals surface area contributed by atoms with Crippen molar-refractivity contribution in [1.82, 2.24) is 4.90 Å². The molecule has 192 valence electrons. The number of thioether (sulfide) groups is 1. The number of benzene rings is 4. The first-order valence-electron chi connectivity index (χ1n) is 12.7. The molecule has 0 bridgehead atoms. The van der Waals surface area contributed by atoms with Crippen LogP contribution in [-0.4, -0.2) is 22.5 Å². The molecule has 1 fully saturated rings. The number of amides is 1. The third-order valence-corrected chi connectivity index (χ3v) is 7.33. The lowest BCUT2D eigenvalue weighted by atomic mass is 10.1. The Morgan fingerprint density at radius 3 is 2.38 bits per heavy atom. The van der Waals surface area contributed by atoms with E-state index in [1.807, 2.05) is 97.9 Å². The van der Waals surface area contributed by atoms with E-state index in [0.717, 1.165) is 28.8 Å². The van der Waals surface area contributed by atoms with Gasteiger partial charge in [0.25, 0.3) is 5.91 Å². The van der Waals surface area contributed by atoms with Crippen molar-refractivity contribution in [2.24, 2.45) is 4.99 Å². The fourth-order valence-corrected chi connectivity index (χ4v) is 5.16. The number of amidine groups is 1. The molecule has 0 N–H and O–H groups in total. The Morgan fingerprint density at radius 2 is 1.64 bits per heavy atom. The molecule has 6 heteroatoms. The van der Waals surface area contributed by atoms with Crippen LogP contribution in [0.4, 0.5) is 5.69 Å². The number of carbonyl (C=O) groups is 1. The van der Waals surface area contributed by atoms with Crippen molar-refractivity contribution in [2.75, 3.05) is 6.54 Å².